The molecule has 0 spiro atoms. The number of nitrogens with one attached hydrogen (secondary N) is 2. The van der Waals surface area contributed by atoms with Crippen LogP contribution in [0.5, 0.6) is 0 Å². The molecular formula is C20H26N2O5. The molecule has 0 aromatic heterocycles. The van der Waals surface area contributed by atoms with Crippen molar-refractivity contribution in [1.82, 2.24) is 5.32 Å². The molecule has 0 aliphatic heterocycles. The first-order valence-electron chi connectivity index (χ1n) is 9.12. The number of methoxy groups -OCH3 is 1. The van der Waals surface area contributed by atoms with Crippen molar-refractivity contribution in [3.05, 3.63) is 41.5 Å². The molecule has 146 valence electrons. The lowest BCUT2D eigenvalue weighted by Gasteiger charge is -2.17. The minimum absolute atomic E-state index is 0.220. The number of para-hydroxylation sites is 1. The summed E-state index contributed by atoms with van der Waals surface area (Å²) in [6.45, 7) is 0.509. The maximum Gasteiger partial charge on any atom is 0.339 e. The number of carbonyl (C=O) groups excluding carboxylic acids is 2. The molecule has 0 saturated carbocycles. The van der Waals surface area contributed by atoms with Crippen molar-refractivity contribution in [3.63, 3.8) is 0 Å². The zero-order chi connectivity index (χ0) is 19.6. The Morgan fingerprint density at radius 3 is 2.67 bits per heavy atom. The van der Waals surface area contributed by atoms with Crippen LogP contribution in [0.25, 0.3) is 0 Å². The number of carboxylic acid groups (broad SMARTS) is 1. The first-order chi connectivity index (χ1) is 13.0. The maximum absolute atomic E-state index is 12.3. The van der Waals surface area contributed by atoms with Crippen LogP contribution in [0.4, 0.5) is 5.69 Å². The quantitative estimate of drug-likeness (QED) is 0.453. The van der Waals surface area contributed by atoms with Crippen molar-refractivity contribution in [1.29, 1.82) is 0 Å². The van der Waals surface area contributed by atoms with Crippen LogP contribution >= 0.6 is 0 Å². The molecule has 1 atom stereocenters. The molecule has 27 heavy (non-hydrogen) atoms. The molecule has 1 amide bonds. The van der Waals surface area contributed by atoms with Crippen LogP contribution in [0.2, 0.25) is 0 Å². The van der Waals surface area contributed by atoms with Crippen LogP contribution in [-0.4, -0.2) is 42.6 Å². The summed E-state index contributed by atoms with van der Waals surface area (Å²) in [5.41, 5.74) is 1.86. The Labute approximate surface area is 158 Å². The Kier molecular flexibility index (Phi) is 8.00. The van der Waals surface area contributed by atoms with Gasteiger partial charge in [0.1, 0.15) is 6.04 Å². The number of ether oxygens (including phenoxy) is 1. The summed E-state index contributed by atoms with van der Waals surface area (Å²) in [7, 11) is 1.26. The van der Waals surface area contributed by atoms with Crippen LogP contribution in [0.15, 0.2) is 35.9 Å². The largest absolute Gasteiger partial charge is 0.480 e. The van der Waals surface area contributed by atoms with E-state index in [1.54, 1.807) is 18.2 Å². The monoisotopic (exact) mass is 374 g/mol. The van der Waals surface area contributed by atoms with Crippen molar-refractivity contribution < 1.29 is 24.2 Å². The van der Waals surface area contributed by atoms with Crippen molar-refractivity contribution >= 4 is 23.5 Å². The van der Waals surface area contributed by atoms with Gasteiger partial charge in [0.15, 0.2) is 0 Å². The molecule has 1 aromatic rings. The average Bonchev–Trinajstić information content (AvgIpc) is 2.67. The molecule has 7 heteroatoms. The zero-order valence-electron chi connectivity index (χ0n) is 15.5. The van der Waals surface area contributed by atoms with Gasteiger partial charge in [-0.05, 0) is 50.8 Å². The highest BCUT2D eigenvalue weighted by molar-refractivity contribution is 6.02. The summed E-state index contributed by atoms with van der Waals surface area (Å²) >= 11 is 0. The van der Waals surface area contributed by atoms with Gasteiger partial charge in [-0.3, -0.25) is 9.59 Å². The Morgan fingerprint density at radius 1 is 1.22 bits per heavy atom. The SMILES string of the molecule is COC(=O)c1ccccc1NC(=O)CC(NCCC1=CCCCC1)C(=O)O. The predicted octanol–water partition coefficient (Wildman–Crippen LogP) is 2.74. The topological polar surface area (TPSA) is 105 Å². The van der Waals surface area contributed by atoms with Gasteiger partial charge >= 0.3 is 11.9 Å². The summed E-state index contributed by atoms with van der Waals surface area (Å²) in [5.74, 6) is -2.13. The standard InChI is InChI=1S/C20H26N2O5/c1-27-20(26)15-9-5-6-10-16(15)22-18(23)13-17(19(24)25)21-12-11-14-7-3-2-4-8-14/h5-7,9-10,17,21H,2-4,8,11-13H2,1H3,(H,22,23)(H,24,25). The van der Waals surface area contributed by atoms with Gasteiger partial charge in [-0.2, -0.15) is 0 Å². The van der Waals surface area contributed by atoms with E-state index in [9.17, 15) is 19.5 Å². The number of anilines is 1. The highest BCUT2D eigenvalue weighted by Crippen LogP contribution is 2.20. The summed E-state index contributed by atoms with van der Waals surface area (Å²) in [6.07, 6.45) is 7.31. The fourth-order valence-corrected chi connectivity index (χ4v) is 3.05. The second kappa shape index (κ2) is 10.5. The lowest BCUT2D eigenvalue weighted by molar-refractivity contribution is -0.141. The van der Waals surface area contributed by atoms with Gasteiger partial charge in [-0.1, -0.05) is 23.8 Å². The van der Waals surface area contributed by atoms with Crippen LogP contribution < -0.4 is 10.6 Å². The molecule has 0 radical (unpaired) electrons. The average molecular weight is 374 g/mol. The summed E-state index contributed by atoms with van der Waals surface area (Å²) < 4.78 is 4.69. The second-order valence-electron chi connectivity index (χ2n) is 6.49. The fourth-order valence-electron chi connectivity index (χ4n) is 3.05. The molecule has 0 heterocycles. The molecule has 0 saturated heterocycles. The third-order valence-electron chi connectivity index (χ3n) is 4.52. The highest BCUT2D eigenvalue weighted by Gasteiger charge is 2.22. The van der Waals surface area contributed by atoms with Crippen molar-refractivity contribution in [2.24, 2.45) is 0 Å². The minimum Gasteiger partial charge on any atom is -0.480 e. The number of benzene rings is 1. The predicted molar refractivity (Wildman–Crippen MR) is 102 cm³/mol. The molecule has 0 bridgehead atoms. The van der Waals surface area contributed by atoms with E-state index in [-0.39, 0.29) is 12.0 Å². The van der Waals surface area contributed by atoms with Crippen molar-refractivity contribution in [3.8, 4) is 0 Å². The van der Waals surface area contributed by atoms with Gasteiger partial charge in [0, 0.05) is 0 Å². The fraction of sp³-hybridized carbons (Fsp3) is 0.450. The number of hydrogen-bond donors (Lipinski definition) is 3. The van der Waals surface area contributed by atoms with Crippen molar-refractivity contribution in [2.45, 2.75) is 44.6 Å². The van der Waals surface area contributed by atoms with Gasteiger partial charge in [-0.15, -0.1) is 0 Å². The molecule has 0 fully saturated rings. The molecule has 1 aromatic carbocycles. The summed E-state index contributed by atoms with van der Waals surface area (Å²) in [4.78, 5) is 35.5. The minimum atomic E-state index is -1.08. The Hall–Kier alpha value is -2.67. The first-order valence-corrected chi connectivity index (χ1v) is 9.12. The summed E-state index contributed by atoms with van der Waals surface area (Å²) in [6, 6.07) is 5.45. The van der Waals surface area contributed by atoms with Gasteiger partial charge in [-0.25, -0.2) is 4.79 Å². The molecular weight excluding hydrogens is 348 g/mol. The van der Waals surface area contributed by atoms with Gasteiger partial charge in [0.2, 0.25) is 5.91 Å². The molecule has 2 rings (SSSR count). The van der Waals surface area contributed by atoms with E-state index >= 15 is 0 Å². The smallest absolute Gasteiger partial charge is 0.339 e. The normalized spacial score (nSPS) is 14.8. The summed E-state index contributed by atoms with van der Waals surface area (Å²) in [5, 5.41) is 14.9. The molecule has 1 unspecified atom stereocenters. The van der Waals surface area contributed by atoms with E-state index in [0.717, 1.165) is 19.3 Å². The van der Waals surface area contributed by atoms with Crippen molar-refractivity contribution in [2.75, 3.05) is 19.0 Å². The molecule has 3 N–H and O–H groups in total. The number of carbonyl (C=O) groups is 3. The van der Waals surface area contributed by atoms with Gasteiger partial charge in [0.05, 0.1) is 24.8 Å². The van der Waals surface area contributed by atoms with E-state index in [0.29, 0.717) is 12.2 Å². The lowest BCUT2D eigenvalue weighted by Crippen LogP contribution is -2.40. The molecule has 7 nitrogen and oxygen atoms in total. The van der Waals surface area contributed by atoms with Crippen LogP contribution in [0.3, 0.4) is 0 Å². The Morgan fingerprint density at radius 2 is 2.00 bits per heavy atom. The number of carboxylic acids is 1. The number of rotatable bonds is 9. The van der Waals surface area contributed by atoms with E-state index < -0.39 is 23.9 Å². The Balaban J connectivity index is 1.90. The third kappa shape index (κ3) is 6.53. The third-order valence-corrected chi connectivity index (χ3v) is 4.52. The number of allylic oxidation sites excluding steroid dienone is 1. The van der Waals surface area contributed by atoms with Gasteiger partial charge < -0.3 is 20.5 Å². The maximum atomic E-state index is 12.3. The van der Waals surface area contributed by atoms with Crippen LogP contribution in [0, 0.1) is 0 Å². The zero-order valence-corrected chi connectivity index (χ0v) is 15.5. The van der Waals surface area contributed by atoms with Crippen LogP contribution in [0.1, 0.15) is 48.9 Å². The molecule has 1 aliphatic rings. The first kappa shape index (κ1) is 20.6. The van der Waals surface area contributed by atoms with E-state index in [4.69, 9.17) is 0 Å². The lowest BCUT2D eigenvalue weighted by atomic mass is 9.97. The van der Waals surface area contributed by atoms with Crippen LogP contribution in [-0.2, 0) is 14.3 Å². The van der Waals surface area contributed by atoms with E-state index in [1.165, 1.54) is 31.6 Å². The second-order valence-corrected chi connectivity index (χ2v) is 6.49. The van der Waals surface area contributed by atoms with Gasteiger partial charge in [0.25, 0.3) is 0 Å². The number of esters is 1. The van der Waals surface area contributed by atoms with E-state index in [1.807, 2.05) is 0 Å². The Bertz CT molecular complexity index is 714. The number of amides is 1. The van der Waals surface area contributed by atoms with E-state index in [2.05, 4.69) is 21.4 Å². The highest BCUT2D eigenvalue weighted by atomic mass is 16.5. The number of hydrogen-bond acceptors (Lipinski definition) is 5. The number of aliphatic carboxylic acids is 1. The molecule has 1 aliphatic carbocycles.